The van der Waals surface area contributed by atoms with Crippen LogP contribution in [-0.2, 0) is 11.3 Å². The van der Waals surface area contributed by atoms with Crippen molar-refractivity contribution in [3.05, 3.63) is 35.9 Å². The number of benzene rings is 1. The number of amides is 1. The van der Waals surface area contributed by atoms with Crippen molar-refractivity contribution in [2.45, 2.75) is 51.6 Å². The van der Waals surface area contributed by atoms with E-state index < -0.39 is 0 Å². The summed E-state index contributed by atoms with van der Waals surface area (Å²) in [5, 5.41) is 6.41. The van der Waals surface area contributed by atoms with E-state index in [1.807, 2.05) is 25.2 Å². The van der Waals surface area contributed by atoms with Gasteiger partial charge in [0.2, 0.25) is 5.91 Å². The van der Waals surface area contributed by atoms with Crippen LogP contribution in [0.2, 0.25) is 0 Å². The molecule has 1 aliphatic carbocycles. The molecular weight excluding hydrogens is 300 g/mol. The summed E-state index contributed by atoms with van der Waals surface area (Å²) in [5.74, 6) is 0.960. The number of rotatable bonds is 7. The Labute approximate surface area is 145 Å². The highest BCUT2D eigenvalue weighted by molar-refractivity contribution is 5.80. The standard InChI is InChI=1S/C19H30N4O/c1-3-20-19(23(2)15-16-9-5-4-6-10-16)21-14-13-18(24)22-17-11-7-8-12-17/h4-6,9-10,17H,3,7-8,11-15H2,1-2H3,(H,20,21)(H,22,24). The molecule has 1 saturated carbocycles. The molecule has 0 aromatic heterocycles. The van der Waals surface area contributed by atoms with Crippen LogP contribution in [0.25, 0.3) is 0 Å². The molecule has 0 spiro atoms. The second-order valence-corrected chi connectivity index (χ2v) is 6.38. The summed E-state index contributed by atoms with van der Waals surface area (Å²) in [6, 6.07) is 10.7. The SMILES string of the molecule is CCNC(=NCCC(=O)NC1CCCC1)N(C)Cc1ccccc1. The van der Waals surface area contributed by atoms with Crippen molar-refractivity contribution in [2.24, 2.45) is 4.99 Å². The summed E-state index contributed by atoms with van der Waals surface area (Å²) in [4.78, 5) is 18.7. The van der Waals surface area contributed by atoms with Gasteiger partial charge in [0.15, 0.2) is 5.96 Å². The van der Waals surface area contributed by atoms with Gasteiger partial charge in [-0.05, 0) is 25.3 Å². The van der Waals surface area contributed by atoms with E-state index >= 15 is 0 Å². The number of nitrogens with zero attached hydrogens (tertiary/aromatic N) is 2. The van der Waals surface area contributed by atoms with Crippen molar-refractivity contribution in [1.82, 2.24) is 15.5 Å². The van der Waals surface area contributed by atoms with E-state index in [2.05, 4.69) is 39.6 Å². The molecule has 0 saturated heterocycles. The van der Waals surface area contributed by atoms with Crippen molar-refractivity contribution in [2.75, 3.05) is 20.1 Å². The average molecular weight is 330 g/mol. The fourth-order valence-electron chi connectivity index (χ4n) is 3.04. The molecule has 0 atom stereocenters. The summed E-state index contributed by atoms with van der Waals surface area (Å²) < 4.78 is 0. The Bertz CT molecular complexity index is 523. The van der Waals surface area contributed by atoms with Crippen LogP contribution >= 0.6 is 0 Å². The van der Waals surface area contributed by atoms with Crippen molar-refractivity contribution in [1.29, 1.82) is 0 Å². The van der Waals surface area contributed by atoms with Gasteiger partial charge in [0, 0.05) is 32.6 Å². The van der Waals surface area contributed by atoms with E-state index in [0.29, 0.717) is 19.0 Å². The molecule has 5 heteroatoms. The Hall–Kier alpha value is -2.04. The third-order valence-electron chi connectivity index (χ3n) is 4.28. The van der Waals surface area contributed by atoms with E-state index in [1.165, 1.54) is 18.4 Å². The Morgan fingerprint density at radius 2 is 1.96 bits per heavy atom. The minimum atomic E-state index is 0.118. The monoisotopic (exact) mass is 330 g/mol. The molecule has 2 rings (SSSR count). The number of nitrogens with one attached hydrogen (secondary N) is 2. The second-order valence-electron chi connectivity index (χ2n) is 6.38. The summed E-state index contributed by atoms with van der Waals surface area (Å²) in [6.45, 7) is 4.17. The highest BCUT2D eigenvalue weighted by Gasteiger charge is 2.16. The van der Waals surface area contributed by atoms with Crippen LogP contribution in [0, 0.1) is 0 Å². The van der Waals surface area contributed by atoms with Crippen LogP contribution in [0.3, 0.4) is 0 Å². The molecule has 5 nitrogen and oxygen atoms in total. The fraction of sp³-hybridized carbons (Fsp3) is 0.579. The third kappa shape index (κ3) is 6.22. The molecule has 1 aromatic rings. The fourth-order valence-corrected chi connectivity index (χ4v) is 3.04. The molecule has 2 N–H and O–H groups in total. The molecule has 24 heavy (non-hydrogen) atoms. The molecule has 1 amide bonds. The highest BCUT2D eigenvalue weighted by atomic mass is 16.1. The molecule has 1 aromatic carbocycles. The molecule has 0 heterocycles. The molecule has 0 unspecified atom stereocenters. The first-order valence-corrected chi connectivity index (χ1v) is 9.01. The maximum absolute atomic E-state index is 12.0. The molecule has 1 fully saturated rings. The minimum Gasteiger partial charge on any atom is -0.357 e. The Kier molecular flexibility index (Phi) is 7.59. The van der Waals surface area contributed by atoms with Gasteiger partial charge in [0.05, 0.1) is 6.54 Å². The van der Waals surface area contributed by atoms with E-state index in [0.717, 1.165) is 31.9 Å². The molecule has 0 bridgehead atoms. The van der Waals surface area contributed by atoms with Gasteiger partial charge in [-0.1, -0.05) is 43.2 Å². The topological polar surface area (TPSA) is 56.7 Å². The van der Waals surface area contributed by atoms with E-state index in [4.69, 9.17) is 0 Å². The Balaban J connectivity index is 1.81. The highest BCUT2D eigenvalue weighted by Crippen LogP contribution is 2.17. The largest absolute Gasteiger partial charge is 0.357 e. The predicted octanol–water partition coefficient (Wildman–Crippen LogP) is 2.53. The number of hydrogen-bond donors (Lipinski definition) is 2. The summed E-state index contributed by atoms with van der Waals surface area (Å²) >= 11 is 0. The van der Waals surface area contributed by atoms with E-state index in [-0.39, 0.29) is 5.91 Å². The lowest BCUT2D eigenvalue weighted by molar-refractivity contribution is -0.121. The smallest absolute Gasteiger partial charge is 0.222 e. The molecule has 132 valence electrons. The van der Waals surface area contributed by atoms with Gasteiger partial charge in [-0.3, -0.25) is 9.79 Å². The van der Waals surface area contributed by atoms with Gasteiger partial charge >= 0.3 is 0 Å². The van der Waals surface area contributed by atoms with E-state index in [1.54, 1.807) is 0 Å². The number of aliphatic imine (C=N–C) groups is 1. The van der Waals surface area contributed by atoms with Gasteiger partial charge in [0.1, 0.15) is 0 Å². The molecule has 0 aliphatic heterocycles. The molecular formula is C19H30N4O. The Morgan fingerprint density at radius 3 is 2.62 bits per heavy atom. The lowest BCUT2D eigenvalue weighted by Gasteiger charge is -2.22. The normalized spacial score (nSPS) is 15.3. The van der Waals surface area contributed by atoms with Crippen LogP contribution in [0.15, 0.2) is 35.3 Å². The van der Waals surface area contributed by atoms with Crippen LogP contribution in [0.4, 0.5) is 0 Å². The zero-order valence-corrected chi connectivity index (χ0v) is 14.9. The van der Waals surface area contributed by atoms with Gasteiger partial charge in [0.25, 0.3) is 0 Å². The second kappa shape index (κ2) is 9.96. The van der Waals surface area contributed by atoms with Gasteiger partial charge in [-0.15, -0.1) is 0 Å². The zero-order valence-electron chi connectivity index (χ0n) is 14.9. The summed E-state index contributed by atoms with van der Waals surface area (Å²) in [6.07, 6.45) is 5.16. The summed E-state index contributed by atoms with van der Waals surface area (Å²) in [5.41, 5.74) is 1.24. The zero-order chi connectivity index (χ0) is 17.2. The van der Waals surface area contributed by atoms with Crippen molar-refractivity contribution >= 4 is 11.9 Å². The number of carbonyl (C=O) groups excluding carboxylic acids is 1. The van der Waals surface area contributed by atoms with Gasteiger partial charge in [-0.25, -0.2) is 0 Å². The first-order valence-electron chi connectivity index (χ1n) is 9.01. The van der Waals surface area contributed by atoms with Crippen LogP contribution in [-0.4, -0.2) is 42.9 Å². The first kappa shape index (κ1) is 18.3. The van der Waals surface area contributed by atoms with E-state index in [9.17, 15) is 4.79 Å². The van der Waals surface area contributed by atoms with Crippen molar-refractivity contribution in [3.8, 4) is 0 Å². The minimum absolute atomic E-state index is 0.118. The third-order valence-corrected chi connectivity index (χ3v) is 4.28. The van der Waals surface area contributed by atoms with Crippen molar-refractivity contribution < 1.29 is 4.79 Å². The van der Waals surface area contributed by atoms with Crippen LogP contribution < -0.4 is 10.6 Å². The maximum atomic E-state index is 12.0. The number of carbonyl (C=O) groups is 1. The van der Waals surface area contributed by atoms with Crippen LogP contribution in [0.1, 0.15) is 44.6 Å². The summed E-state index contributed by atoms with van der Waals surface area (Å²) in [7, 11) is 2.02. The van der Waals surface area contributed by atoms with Gasteiger partial charge < -0.3 is 15.5 Å². The lowest BCUT2D eigenvalue weighted by atomic mass is 10.2. The lowest BCUT2D eigenvalue weighted by Crippen LogP contribution is -2.39. The molecule has 1 aliphatic rings. The molecule has 0 radical (unpaired) electrons. The quantitative estimate of drug-likeness (QED) is 0.597. The van der Waals surface area contributed by atoms with Crippen LogP contribution in [0.5, 0.6) is 0 Å². The number of guanidine groups is 1. The first-order chi connectivity index (χ1) is 11.7. The number of hydrogen-bond acceptors (Lipinski definition) is 2. The predicted molar refractivity (Wildman–Crippen MR) is 98.9 cm³/mol. The maximum Gasteiger partial charge on any atom is 0.222 e. The van der Waals surface area contributed by atoms with Crippen molar-refractivity contribution in [3.63, 3.8) is 0 Å². The Morgan fingerprint density at radius 1 is 1.25 bits per heavy atom. The average Bonchev–Trinajstić information content (AvgIpc) is 3.08. The van der Waals surface area contributed by atoms with Gasteiger partial charge in [-0.2, -0.15) is 0 Å².